The fraction of sp³-hybridized carbons (Fsp3) is 0.333. The van der Waals surface area contributed by atoms with Crippen LogP contribution in [-0.4, -0.2) is 45.7 Å². The average Bonchev–Trinajstić information content (AvgIpc) is 2.57. The molecule has 2 rings (SSSR count). The van der Waals surface area contributed by atoms with Crippen molar-refractivity contribution in [2.75, 3.05) is 12.4 Å². The van der Waals surface area contributed by atoms with Gasteiger partial charge >= 0.3 is 12.2 Å². The standard InChI is InChI=1S/C9H7BrF3N5O2/c1-18-5(19)8(9(11,12)13,17-7(18)20)16-6-14-2-4(10)3-15-6/h2-3H,1H3,(H,17,20)(H,14,15,16). The number of halogens is 4. The van der Waals surface area contributed by atoms with Crippen LogP contribution in [0.25, 0.3) is 0 Å². The zero-order chi connectivity index (χ0) is 15.1. The number of likely N-dealkylation sites (N-methyl/N-ethyl adjacent to an activating group) is 1. The molecule has 7 nitrogen and oxygen atoms in total. The van der Waals surface area contributed by atoms with Crippen molar-refractivity contribution >= 4 is 33.8 Å². The van der Waals surface area contributed by atoms with Gasteiger partial charge in [-0.1, -0.05) is 0 Å². The molecule has 2 heterocycles. The lowest BCUT2D eigenvalue weighted by Gasteiger charge is -2.29. The molecule has 2 N–H and O–H groups in total. The van der Waals surface area contributed by atoms with E-state index in [0.29, 0.717) is 9.37 Å². The lowest BCUT2D eigenvalue weighted by Crippen LogP contribution is -2.64. The summed E-state index contributed by atoms with van der Waals surface area (Å²) < 4.78 is 40.0. The quantitative estimate of drug-likeness (QED) is 0.777. The summed E-state index contributed by atoms with van der Waals surface area (Å²) >= 11 is 3.02. The van der Waals surface area contributed by atoms with Crippen molar-refractivity contribution in [2.24, 2.45) is 0 Å². The van der Waals surface area contributed by atoms with E-state index in [4.69, 9.17) is 0 Å². The molecule has 1 unspecified atom stereocenters. The van der Waals surface area contributed by atoms with Gasteiger partial charge in [0.15, 0.2) is 0 Å². The third kappa shape index (κ3) is 2.17. The summed E-state index contributed by atoms with van der Waals surface area (Å²) in [6, 6.07) is -1.17. The highest BCUT2D eigenvalue weighted by molar-refractivity contribution is 9.10. The minimum Gasteiger partial charge on any atom is -0.316 e. The lowest BCUT2D eigenvalue weighted by atomic mass is 10.1. The number of imide groups is 1. The zero-order valence-electron chi connectivity index (χ0n) is 9.82. The van der Waals surface area contributed by atoms with Crippen molar-refractivity contribution in [1.29, 1.82) is 0 Å². The highest BCUT2D eigenvalue weighted by atomic mass is 79.9. The van der Waals surface area contributed by atoms with Gasteiger partial charge < -0.3 is 5.32 Å². The van der Waals surface area contributed by atoms with Crippen molar-refractivity contribution in [3.63, 3.8) is 0 Å². The van der Waals surface area contributed by atoms with E-state index in [-0.39, 0.29) is 0 Å². The van der Waals surface area contributed by atoms with Gasteiger partial charge in [-0.3, -0.25) is 15.0 Å². The molecule has 1 fully saturated rings. The summed E-state index contributed by atoms with van der Waals surface area (Å²) in [5.74, 6) is -1.93. The summed E-state index contributed by atoms with van der Waals surface area (Å²) in [5, 5.41) is 3.42. The normalized spacial score (nSPS) is 22.9. The second-order valence-electron chi connectivity index (χ2n) is 3.89. The molecule has 0 spiro atoms. The Morgan fingerprint density at radius 1 is 1.35 bits per heavy atom. The van der Waals surface area contributed by atoms with Gasteiger partial charge in [0.25, 0.3) is 11.6 Å². The van der Waals surface area contributed by atoms with E-state index in [2.05, 4.69) is 25.9 Å². The maximum atomic E-state index is 13.2. The smallest absolute Gasteiger partial charge is 0.316 e. The molecule has 1 saturated heterocycles. The number of aromatic nitrogens is 2. The molecule has 1 aromatic heterocycles. The van der Waals surface area contributed by atoms with E-state index in [1.807, 2.05) is 5.32 Å². The van der Waals surface area contributed by atoms with Crippen molar-refractivity contribution in [1.82, 2.24) is 20.2 Å². The van der Waals surface area contributed by atoms with Gasteiger partial charge in [-0.25, -0.2) is 14.8 Å². The Hall–Kier alpha value is -1.91. The topological polar surface area (TPSA) is 87.2 Å². The summed E-state index contributed by atoms with van der Waals surface area (Å²) in [6.07, 6.45) is -2.67. The molecule has 0 bridgehead atoms. The Balaban J connectivity index is 2.42. The molecule has 108 valence electrons. The molecule has 1 aromatic rings. The second-order valence-corrected chi connectivity index (χ2v) is 4.81. The predicted octanol–water partition coefficient (Wildman–Crippen LogP) is 1.09. The summed E-state index contributed by atoms with van der Waals surface area (Å²) in [5.41, 5.74) is -3.27. The van der Waals surface area contributed by atoms with Crippen LogP contribution in [0.4, 0.5) is 23.9 Å². The van der Waals surface area contributed by atoms with Crippen molar-refractivity contribution in [3.05, 3.63) is 16.9 Å². The van der Waals surface area contributed by atoms with Crippen molar-refractivity contribution in [3.8, 4) is 0 Å². The van der Waals surface area contributed by atoms with E-state index in [1.165, 1.54) is 12.4 Å². The van der Waals surface area contributed by atoms with Crippen LogP contribution < -0.4 is 10.6 Å². The van der Waals surface area contributed by atoms with Crippen molar-refractivity contribution < 1.29 is 22.8 Å². The molecule has 3 amide bonds. The van der Waals surface area contributed by atoms with E-state index in [1.54, 1.807) is 5.32 Å². The van der Waals surface area contributed by atoms with E-state index in [0.717, 1.165) is 7.05 Å². The van der Waals surface area contributed by atoms with Gasteiger partial charge in [0, 0.05) is 19.4 Å². The first-order valence-electron chi connectivity index (χ1n) is 5.10. The van der Waals surface area contributed by atoms with Crippen LogP contribution in [0.2, 0.25) is 0 Å². The largest absolute Gasteiger partial charge is 0.440 e. The molecule has 0 saturated carbocycles. The Kier molecular flexibility index (Phi) is 3.32. The number of carbonyl (C=O) groups excluding carboxylic acids is 2. The minimum absolute atomic E-state index is 0.333. The summed E-state index contributed by atoms with van der Waals surface area (Å²) in [4.78, 5) is 30.6. The Morgan fingerprint density at radius 3 is 2.30 bits per heavy atom. The molecule has 20 heavy (non-hydrogen) atoms. The maximum absolute atomic E-state index is 13.2. The number of alkyl halides is 3. The van der Waals surface area contributed by atoms with Crippen molar-refractivity contribution in [2.45, 2.75) is 11.8 Å². The van der Waals surface area contributed by atoms with E-state index >= 15 is 0 Å². The SMILES string of the molecule is CN1C(=O)NC(Nc2ncc(Br)cn2)(C(F)(F)F)C1=O. The number of rotatable bonds is 2. The molecule has 0 radical (unpaired) electrons. The number of nitrogens with one attached hydrogen (secondary N) is 2. The molecule has 0 aliphatic carbocycles. The monoisotopic (exact) mass is 353 g/mol. The predicted molar refractivity (Wildman–Crippen MR) is 63.4 cm³/mol. The Labute approximate surface area is 118 Å². The average molecular weight is 354 g/mol. The highest BCUT2D eigenvalue weighted by Crippen LogP contribution is 2.35. The van der Waals surface area contributed by atoms with Crippen LogP contribution in [-0.2, 0) is 4.79 Å². The number of amides is 3. The van der Waals surface area contributed by atoms with Crippen LogP contribution in [0.15, 0.2) is 16.9 Å². The zero-order valence-corrected chi connectivity index (χ0v) is 11.4. The lowest BCUT2D eigenvalue weighted by molar-refractivity contribution is -0.188. The first-order valence-corrected chi connectivity index (χ1v) is 5.89. The molecule has 1 atom stereocenters. The molecule has 0 aromatic carbocycles. The van der Waals surface area contributed by atoms with E-state index < -0.39 is 29.7 Å². The molecule has 11 heteroatoms. The number of hydrogen-bond donors (Lipinski definition) is 2. The minimum atomic E-state index is -5.07. The first-order chi connectivity index (χ1) is 9.17. The number of carbonyl (C=O) groups is 2. The number of anilines is 1. The van der Waals surface area contributed by atoms with E-state index in [9.17, 15) is 22.8 Å². The Morgan fingerprint density at radius 2 is 1.90 bits per heavy atom. The number of nitrogens with zero attached hydrogens (tertiary/aromatic N) is 3. The molecular formula is C9H7BrF3N5O2. The molecule has 1 aliphatic heterocycles. The maximum Gasteiger partial charge on any atom is 0.440 e. The van der Waals surface area contributed by atoms with Crippen LogP contribution >= 0.6 is 15.9 Å². The first kappa shape index (κ1) is 14.5. The van der Waals surface area contributed by atoms with Gasteiger partial charge in [0.2, 0.25) is 5.95 Å². The molecule has 1 aliphatic rings. The fourth-order valence-corrected chi connectivity index (χ4v) is 1.74. The third-order valence-electron chi connectivity index (χ3n) is 2.57. The van der Waals surface area contributed by atoms with Gasteiger partial charge in [0.1, 0.15) is 0 Å². The number of hydrogen-bond acceptors (Lipinski definition) is 5. The summed E-state index contributed by atoms with van der Waals surface area (Å²) in [6.45, 7) is 0. The van der Waals surface area contributed by atoms with Gasteiger partial charge in [-0.2, -0.15) is 13.2 Å². The van der Waals surface area contributed by atoms with Crippen LogP contribution in [0.1, 0.15) is 0 Å². The second kappa shape index (κ2) is 4.58. The fourth-order valence-electron chi connectivity index (χ4n) is 1.53. The Bertz CT molecular complexity index is 564. The highest BCUT2D eigenvalue weighted by Gasteiger charge is 2.67. The van der Waals surface area contributed by atoms with Crippen LogP contribution in [0.5, 0.6) is 0 Å². The molecular weight excluding hydrogens is 347 g/mol. The summed E-state index contributed by atoms with van der Waals surface area (Å²) in [7, 11) is 0.940. The third-order valence-corrected chi connectivity index (χ3v) is 2.98. The van der Waals surface area contributed by atoms with Gasteiger partial charge in [-0.05, 0) is 15.9 Å². The van der Waals surface area contributed by atoms with Crippen LogP contribution in [0.3, 0.4) is 0 Å². The van der Waals surface area contributed by atoms with Gasteiger partial charge in [0.05, 0.1) is 4.47 Å². The van der Waals surface area contributed by atoms with Gasteiger partial charge in [-0.15, -0.1) is 0 Å². The number of urea groups is 1. The van der Waals surface area contributed by atoms with Crippen LogP contribution in [0, 0.1) is 0 Å².